The number of benzene rings is 2. The van der Waals surface area contributed by atoms with Gasteiger partial charge in [0.2, 0.25) is 11.8 Å². The van der Waals surface area contributed by atoms with Crippen LogP contribution in [0.2, 0.25) is 0 Å². The lowest BCUT2D eigenvalue weighted by atomic mass is 9.87. The third kappa shape index (κ3) is 5.23. The molecule has 1 atom stereocenters. The molecule has 0 radical (unpaired) electrons. The van der Waals surface area contributed by atoms with E-state index in [9.17, 15) is 14.0 Å². The molecular weight excluding hydrogens is 491 g/mol. The van der Waals surface area contributed by atoms with Gasteiger partial charge in [-0.2, -0.15) is 5.10 Å². The van der Waals surface area contributed by atoms with Crippen LogP contribution in [0.1, 0.15) is 55.7 Å². The molecule has 2 aromatic carbocycles. The molecule has 0 saturated heterocycles. The van der Waals surface area contributed by atoms with E-state index in [1.54, 1.807) is 22.8 Å². The van der Waals surface area contributed by atoms with E-state index in [0.29, 0.717) is 11.6 Å². The van der Waals surface area contributed by atoms with E-state index in [1.807, 2.05) is 30.3 Å². The topological polar surface area (TPSA) is 76.5 Å². The van der Waals surface area contributed by atoms with Crippen molar-refractivity contribution in [2.24, 2.45) is 0 Å². The van der Waals surface area contributed by atoms with Crippen molar-refractivity contribution in [3.05, 3.63) is 71.2 Å². The van der Waals surface area contributed by atoms with Gasteiger partial charge < -0.3 is 10.1 Å². The van der Waals surface area contributed by atoms with Crippen LogP contribution in [0.15, 0.2) is 48.5 Å². The second-order valence-electron chi connectivity index (χ2n) is 10.5. The summed E-state index contributed by atoms with van der Waals surface area (Å²) in [4.78, 5) is 28.1. The van der Waals surface area contributed by atoms with E-state index in [2.05, 4.69) is 26.1 Å². The quantitative estimate of drug-likeness (QED) is 0.505. The van der Waals surface area contributed by atoms with Gasteiger partial charge in [-0.05, 0) is 54.8 Å². The fourth-order valence-electron chi connectivity index (χ4n) is 4.55. The van der Waals surface area contributed by atoms with Gasteiger partial charge in [-0.3, -0.25) is 14.5 Å². The molecule has 1 aromatic heterocycles. The van der Waals surface area contributed by atoms with E-state index < -0.39 is 0 Å². The number of hydrogen-bond acceptors (Lipinski definition) is 5. The first kappa shape index (κ1) is 25.3. The summed E-state index contributed by atoms with van der Waals surface area (Å²) in [5.74, 6) is 0.671. The zero-order valence-electron chi connectivity index (χ0n) is 21.5. The number of nitrogens with one attached hydrogen (secondary N) is 1. The number of methoxy groups -OCH3 is 1. The van der Waals surface area contributed by atoms with E-state index in [4.69, 9.17) is 9.84 Å². The number of fused-ring (bicyclic) bond motifs is 1. The molecular formula is C28H31FN4O3S. The van der Waals surface area contributed by atoms with Gasteiger partial charge in [0.15, 0.2) is 0 Å². The molecule has 1 fully saturated rings. The first-order valence-electron chi connectivity index (χ1n) is 12.4. The largest absolute Gasteiger partial charge is 0.497 e. The Morgan fingerprint density at radius 3 is 2.54 bits per heavy atom. The second-order valence-corrected chi connectivity index (χ2v) is 11.6. The van der Waals surface area contributed by atoms with Crippen LogP contribution in [-0.2, 0) is 15.0 Å². The summed E-state index contributed by atoms with van der Waals surface area (Å²) in [6, 6.07) is 14.1. The van der Waals surface area contributed by atoms with Gasteiger partial charge >= 0.3 is 0 Å². The van der Waals surface area contributed by atoms with Crippen LogP contribution >= 0.6 is 11.8 Å². The zero-order valence-corrected chi connectivity index (χ0v) is 22.3. The van der Waals surface area contributed by atoms with Crippen LogP contribution in [0.5, 0.6) is 5.75 Å². The maximum Gasteiger partial charge on any atom is 0.240 e. The van der Waals surface area contributed by atoms with Gasteiger partial charge in [0.25, 0.3) is 0 Å². The fraction of sp³-hybridized carbons (Fsp3) is 0.393. The molecule has 194 valence electrons. The molecule has 1 aliphatic heterocycles. The third-order valence-electron chi connectivity index (χ3n) is 6.51. The number of hydrogen-bond donors (Lipinski definition) is 1. The van der Waals surface area contributed by atoms with Crippen molar-refractivity contribution in [1.82, 2.24) is 15.1 Å². The highest BCUT2D eigenvalue weighted by atomic mass is 32.2. The van der Waals surface area contributed by atoms with Crippen LogP contribution in [-0.4, -0.2) is 47.0 Å². The smallest absolute Gasteiger partial charge is 0.240 e. The van der Waals surface area contributed by atoms with Crippen LogP contribution in [0.4, 0.5) is 10.2 Å². The summed E-state index contributed by atoms with van der Waals surface area (Å²) < 4.78 is 21.4. The number of carbonyl (C=O) groups excluding carboxylic acids is 2. The van der Waals surface area contributed by atoms with E-state index in [-0.39, 0.29) is 46.6 Å². The molecule has 1 aliphatic carbocycles. The Morgan fingerprint density at radius 2 is 1.92 bits per heavy atom. The van der Waals surface area contributed by atoms with Crippen molar-refractivity contribution in [3.63, 3.8) is 0 Å². The van der Waals surface area contributed by atoms with Crippen LogP contribution in [0.3, 0.4) is 0 Å². The minimum atomic E-state index is -0.386. The molecule has 1 saturated carbocycles. The number of nitrogens with zero attached hydrogens (tertiary/aromatic N) is 3. The highest BCUT2D eigenvalue weighted by Crippen LogP contribution is 2.48. The summed E-state index contributed by atoms with van der Waals surface area (Å²) in [5.41, 5.74) is 2.72. The predicted octanol–water partition coefficient (Wildman–Crippen LogP) is 4.77. The van der Waals surface area contributed by atoms with E-state index in [1.165, 1.54) is 23.9 Å². The van der Waals surface area contributed by atoms with Crippen molar-refractivity contribution in [2.45, 2.75) is 50.3 Å². The Morgan fingerprint density at radius 1 is 1.19 bits per heavy atom. The number of amides is 2. The summed E-state index contributed by atoms with van der Waals surface area (Å²) in [6.45, 7) is 6.10. The molecule has 2 heterocycles. The lowest BCUT2D eigenvalue weighted by Crippen LogP contribution is -2.43. The molecule has 37 heavy (non-hydrogen) atoms. The van der Waals surface area contributed by atoms with E-state index in [0.717, 1.165) is 35.3 Å². The first-order chi connectivity index (χ1) is 17.7. The minimum absolute atomic E-state index is 0.107. The molecule has 3 aromatic rings. The summed E-state index contributed by atoms with van der Waals surface area (Å²) in [5, 5.41) is 7.70. The average Bonchev–Trinajstić information content (AvgIpc) is 3.60. The SMILES string of the molecule is COc1ccc(-n2nc(C(C)(C)C)c3c2N(CC(=O)NC2CC2)C(=O)CSC3c2cccc(F)c2)cc1. The standard InChI is InChI=1S/C28H31FN4O3S/c1-28(2,3)26-24-25(17-6-5-7-18(29)14-17)37-16-23(35)32(15-22(34)30-19-8-9-19)27(24)33(31-26)20-10-12-21(36-4)13-11-20/h5-7,10-14,19,25H,8-9,15-16H2,1-4H3,(H,30,34). The van der Waals surface area contributed by atoms with Crippen molar-refractivity contribution >= 4 is 29.4 Å². The van der Waals surface area contributed by atoms with Crippen molar-refractivity contribution in [3.8, 4) is 11.4 Å². The lowest BCUT2D eigenvalue weighted by Gasteiger charge is -2.24. The molecule has 1 N–H and O–H groups in total. The van der Waals surface area contributed by atoms with Gasteiger partial charge in [-0.1, -0.05) is 32.9 Å². The summed E-state index contributed by atoms with van der Waals surface area (Å²) in [7, 11) is 1.60. The maximum atomic E-state index is 14.4. The van der Waals surface area contributed by atoms with Gasteiger partial charge in [-0.15, -0.1) is 11.8 Å². The van der Waals surface area contributed by atoms with Crippen LogP contribution in [0, 0.1) is 5.82 Å². The molecule has 1 unspecified atom stereocenters. The molecule has 9 heteroatoms. The molecule has 5 rings (SSSR count). The Kier molecular flexibility index (Phi) is 6.74. The fourth-order valence-corrected chi connectivity index (χ4v) is 5.74. The Labute approximate surface area is 220 Å². The van der Waals surface area contributed by atoms with Crippen molar-refractivity contribution in [2.75, 3.05) is 24.3 Å². The monoisotopic (exact) mass is 522 g/mol. The third-order valence-corrected chi connectivity index (χ3v) is 7.77. The normalized spacial score (nSPS) is 17.8. The average molecular weight is 523 g/mol. The van der Waals surface area contributed by atoms with Crippen molar-refractivity contribution < 1.29 is 18.7 Å². The predicted molar refractivity (Wildman–Crippen MR) is 143 cm³/mol. The van der Waals surface area contributed by atoms with Crippen molar-refractivity contribution in [1.29, 1.82) is 0 Å². The van der Waals surface area contributed by atoms with E-state index >= 15 is 0 Å². The highest BCUT2D eigenvalue weighted by molar-refractivity contribution is 8.00. The maximum absolute atomic E-state index is 14.4. The second kappa shape index (κ2) is 9.85. The number of aromatic nitrogens is 2. The molecule has 0 spiro atoms. The Hall–Kier alpha value is -3.33. The number of thioether (sulfide) groups is 1. The molecule has 2 amide bonds. The zero-order chi connectivity index (χ0) is 26.3. The lowest BCUT2D eigenvalue weighted by molar-refractivity contribution is -0.123. The molecule has 0 bridgehead atoms. The van der Waals surface area contributed by atoms with Gasteiger partial charge in [0, 0.05) is 17.0 Å². The number of rotatable bonds is 6. The number of anilines is 1. The number of ether oxygens (including phenoxy) is 1. The minimum Gasteiger partial charge on any atom is -0.497 e. The Balaban J connectivity index is 1.73. The summed E-state index contributed by atoms with van der Waals surface area (Å²) in [6.07, 6.45) is 1.92. The molecule has 2 aliphatic rings. The highest BCUT2D eigenvalue weighted by Gasteiger charge is 2.40. The number of halogens is 1. The Bertz CT molecular complexity index is 1330. The number of carbonyl (C=O) groups is 2. The van der Waals surface area contributed by atoms with Crippen LogP contribution in [0.25, 0.3) is 5.69 Å². The summed E-state index contributed by atoms with van der Waals surface area (Å²) >= 11 is 1.44. The molecule has 7 nitrogen and oxygen atoms in total. The van der Waals surface area contributed by atoms with Gasteiger partial charge in [-0.25, -0.2) is 9.07 Å². The first-order valence-corrected chi connectivity index (χ1v) is 13.4. The van der Waals surface area contributed by atoms with Crippen LogP contribution < -0.4 is 15.0 Å². The van der Waals surface area contributed by atoms with Gasteiger partial charge in [0.1, 0.15) is 23.9 Å². The van der Waals surface area contributed by atoms with Gasteiger partial charge in [0.05, 0.1) is 29.5 Å².